The summed E-state index contributed by atoms with van der Waals surface area (Å²) in [5.41, 5.74) is 5.89. The van der Waals surface area contributed by atoms with Crippen molar-refractivity contribution in [3.8, 4) is 11.4 Å². The molecule has 0 aliphatic carbocycles. The lowest BCUT2D eigenvalue weighted by Crippen LogP contribution is -2.24. The molecule has 1 aromatic carbocycles. The quantitative estimate of drug-likeness (QED) is 0.773. The molecule has 0 bridgehead atoms. The van der Waals surface area contributed by atoms with Crippen molar-refractivity contribution in [3.05, 3.63) is 51.8 Å². The fourth-order valence-electron chi connectivity index (χ4n) is 2.30. The molecule has 0 saturated carbocycles. The minimum Gasteiger partial charge on any atom is -0.497 e. The molecule has 2 aromatic rings. The Kier molecular flexibility index (Phi) is 2.76. The molecule has 106 valence electrons. The number of ether oxygens (including phenoxy) is 1. The Balaban J connectivity index is 2.30. The first-order chi connectivity index (χ1) is 10.0. The summed E-state index contributed by atoms with van der Waals surface area (Å²) in [6, 6.07) is 7.78. The first-order valence-electron chi connectivity index (χ1n) is 6.08. The van der Waals surface area contributed by atoms with Crippen LogP contribution in [0.1, 0.15) is 20.7 Å². The molecule has 0 fully saturated rings. The predicted molar refractivity (Wildman–Crippen MR) is 74.8 cm³/mol. The van der Waals surface area contributed by atoms with E-state index in [4.69, 9.17) is 10.5 Å². The summed E-state index contributed by atoms with van der Waals surface area (Å²) in [5, 5.41) is 2.12. The lowest BCUT2D eigenvalue weighted by molar-refractivity contribution is 0.0880. The van der Waals surface area contributed by atoms with Crippen LogP contribution in [0.3, 0.4) is 0 Å². The van der Waals surface area contributed by atoms with Crippen LogP contribution in [0.5, 0.6) is 5.75 Å². The van der Waals surface area contributed by atoms with Gasteiger partial charge in [0.25, 0.3) is 17.4 Å². The largest absolute Gasteiger partial charge is 0.497 e. The standard InChI is InChI=1S/C14H11N3O4/c1-21-8-4-2-3-7(5-8)17-10(18)6-9-11(12(17)15)14(20)16-13(9)19/h2-6H,15H2,1H3,(H,16,19,20). The van der Waals surface area contributed by atoms with Gasteiger partial charge in [-0.05, 0) is 12.1 Å². The van der Waals surface area contributed by atoms with Crippen LogP contribution < -0.4 is 21.3 Å². The van der Waals surface area contributed by atoms with E-state index in [0.717, 1.165) is 6.07 Å². The Bertz CT molecular complexity index is 839. The molecule has 3 rings (SSSR count). The van der Waals surface area contributed by atoms with E-state index in [-0.39, 0.29) is 16.9 Å². The molecule has 0 radical (unpaired) electrons. The fraction of sp³-hybridized carbons (Fsp3) is 0.0714. The van der Waals surface area contributed by atoms with Gasteiger partial charge >= 0.3 is 0 Å². The lowest BCUT2D eigenvalue weighted by atomic mass is 10.1. The van der Waals surface area contributed by atoms with Gasteiger partial charge in [0.15, 0.2) is 0 Å². The van der Waals surface area contributed by atoms with Gasteiger partial charge in [-0.1, -0.05) is 6.07 Å². The summed E-state index contributed by atoms with van der Waals surface area (Å²) in [6.45, 7) is 0. The maximum atomic E-state index is 12.2. The van der Waals surface area contributed by atoms with Gasteiger partial charge in [-0.15, -0.1) is 0 Å². The van der Waals surface area contributed by atoms with Crippen LogP contribution in [0.15, 0.2) is 35.1 Å². The van der Waals surface area contributed by atoms with E-state index >= 15 is 0 Å². The summed E-state index contributed by atoms with van der Waals surface area (Å²) < 4.78 is 6.26. The van der Waals surface area contributed by atoms with Gasteiger partial charge in [-0.25, -0.2) is 0 Å². The number of fused-ring (bicyclic) bond motifs is 1. The zero-order chi connectivity index (χ0) is 15.1. The zero-order valence-corrected chi connectivity index (χ0v) is 11.0. The fourth-order valence-corrected chi connectivity index (χ4v) is 2.30. The second kappa shape index (κ2) is 4.48. The topological polar surface area (TPSA) is 103 Å². The van der Waals surface area contributed by atoms with E-state index in [2.05, 4.69) is 5.32 Å². The number of amides is 2. The molecule has 1 aromatic heterocycles. The number of methoxy groups -OCH3 is 1. The highest BCUT2D eigenvalue weighted by atomic mass is 16.5. The number of nitrogens with zero attached hydrogens (tertiary/aromatic N) is 1. The van der Waals surface area contributed by atoms with Gasteiger partial charge in [0, 0.05) is 12.1 Å². The number of nitrogen functional groups attached to an aromatic ring is 1. The van der Waals surface area contributed by atoms with Crippen LogP contribution in [0, 0.1) is 0 Å². The second-order valence-corrected chi connectivity index (χ2v) is 4.48. The molecular formula is C14H11N3O4. The van der Waals surface area contributed by atoms with Crippen molar-refractivity contribution in [2.75, 3.05) is 12.8 Å². The zero-order valence-electron chi connectivity index (χ0n) is 11.0. The summed E-state index contributed by atoms with van der Waals surface area (Å²) in [4.78, 5) is 35.5. The lowest BCUT2D eigenvalue weighted by Gasteiger charge is -2.12. The molecular weight excluding hydrogens is 274 g/mol. The highest BCUT2D eigenvalue weighted by Crippen LogP contribution is 2.24. The SMILES string of the molecule is COc1cccc(-n2c(N)c3c(cc2=O)C(=O)NC3=O)c1. The van der Waals surface area contributed by atoms with Gasteiger partial charge in [0.1, 0.15) is 11.6 Å². The molecule has 2 amide bonds. The molecule has 0 unspecified atom stereocenters. The van der Waals surface area contributed by atoms with Crippen molar-refractivity contribution in [1.29, 1.82) is 0 Å². The van der Waals surface area contributed by atoms with Crippen molar-refractivity contribution in [2.24, 2.45) is 0 Å². The Morgan fingerprint density at radius 3 is 2.62 bits per heavy atom. The highest BCUT2D eigenvalue weighted by molar-refractivity contribution is 6.23. The van der Waals surface area contributed by atoms with E-state index in [1.807, 2.05) is 0 Å². The first kappa shape index (κ1) is 12.9. The first-order valence-corrected chi connectivity index (χ1v) is 6.08. The summed E-state index contributed by atoms with van der Waals surface area (Å²) >= 11 is 0. The third-order valence-corrected chi connectivity index (χ3v) is 3.26. The molecule has 0 spiro atoms. The predicted octanol–water partition coefficient (Wildman–Crippen LogP) is 0.312. The molecule has 3 N–H and O–H groups in total. The van der Waals surface area contributed by atoms with Crippen molar-refractivity contribution in [3.63, 3.8) is 0 Å². The van der Waals surface area contributed by atoms with Crippen molar-refractivity contribution >= 4 is 17.6 Å². The van der Waals surface area contributed by atoms with Gasteiger partial charge < -0.3 is 10.5 Å². The van der Waals surface area contributed by atoms with E-state index in [0.29, 0.717) is 11.4 Å². The molecule has 1 aliphatic heterocycles. The maximum absolute atomic E-state index is 12.2. The maximum Gasteiger partial charge on any atom is 0.262 e. The third-order valence-electron chi connectivity index (χ3n) is 3.26. The van der Waals surface area contributed by atoms with Crippen LogP contribution in [0.2, 0.25) is 0 Å². The molecule has 7 heteroatoms. The van der Waals surface area contributed by atoms with Gasteiger partial charge in [-0.3, -0.25) is 24.3 Å². The Morgan fingerprint density at radius 1 is 1.14 bits per heavy atom. The Labute approximate surface area is 118 Å². The van der Waals surface area contributed by atoms with Crippen molar-refractivity contribution in [1.82, 2.24) is 9.88 Å². The smallest absolute Gasteiger partial charge is 0.262 e. The van der Waals surface area contributed by atoms with Crippen LogP contribution in [0.4, 0.5) is 5.82 Å². The molecule has 0 atom stereocenters. The Hall–Kier alpha value is -3.09. The second-order valence-electron chi connectivity index (χ2n) is 4.48. The van der Waals surface area contributed by atoms with Crippen LogP contribution >= 0.6 is 0 Å². The average molecular weight is 285 g/mol. The van der Waals surface area contributed by atoms with Gasteiger partial charge in [0.2, 0.25) is 0 Å². The van der Waals surface area contributed by atoms with E-state index < -0.39 is 17.4 Å². The van der Waals surface area contributed by atoms with E-state index in [1.165, 1.54) is 11.7 Å². The average Bonchev–Trinajstić information content (AvgIpc) is 2.74. The van der Waals surface area contributed by atoms with Crippen molar-refractivity contribution < 1.29 is 14.3 Å². The number of hydrogen-bond acceptors (Lipinski definition) is 5. The number of hydrogen-bond donors (Lipinski definition) is 2. The molecule has 0 saturated heterocycles. The van der Waals surface area contributed by atoms with Crippen molar-refractivity contribution in [2.45, 2.75) is 0 Å². The monoisotopic (exact) mass is 285 g/mol. The number of rotatable bonds is 2. The van der Waals surface area contributed by atoms with Gasteiger partial charge in [0.05, 0.1) is 23.9 Å². The molecule has 1 aliphatic rings. The Morgan fingerprint density at radius 2 is 1.90 bits per heavy atom. The number of pyridine rings is 1. The molecule has 7 nitrogen and oxygen atoms in total. The number of aromatic nitrogens is 1. The number of anilines is 1. The van der Waals surface area contributed by atoms with Crippen LogP contribution in [-0.4, -0.2) is 23.5 Å². The number of benzene rings is 1. The number of carbonyl (C=O) groups is 2. The summed E-state index contributed by atoms with van der Waals surface area (Å²) in [7, 11) is 1.50. The normalized spacial score (nSPS) is 13.0. The van der Waals surface area contributed by atoms with Crippen LogP contribution in [0.25, 0.3) is 5.69 Å². The number of carbonyl (C=O) groups excluding carboxylic acids is 2. The number of nitrogens with two attached hydrogens (primary N) is 1. The molecule has 21 heavy (non-hydrogen) atoms. The third kappa shape index (κ3) is 1.86. The summed E-state index contributed by atoms with van der Waals surface area (Å²) in [5.74, 6) is -0.755. The minimum absolute atomic E-state index is 0.00152. The highest BCUT2D eigenvalue weighted by Gasteiger charge is 2.31. The summed E-state index contributed by atoms with van der Waals surface area (Å²) in [6.07, 6.45) is 0. The number of imide groups is 1. The minimum atomic E-state index is -0.614. The van der Waals surface area contributed by atoms with E-state index in [1.54, 1.807) is 24.3 Å². The van der Waals surface area contributed by atoms with Gasteiger partial charge in [-0.2, -0.15) is 0 Å². The number of nitrogens with one attached hydrogen (secondary N) is 1. The molecule has 2 heterocycles. The van der Waals surface area contributed by atoms with E-state index in [9.17, 15) is 14.4 Å². The van der Waals surface area contributed by atoms with Crippen LogP contribution in [-0.2, 0) is 0 Å².